The molecule has 0 unspecified atom stereocenters. The van der Waals surface area contributed by atoms with Gasteiger partial charge in [-0.3, -0.25) is 19.7 Å². The first-order valence-corrected chi connectivity index (χ1v) is 12.6. The molecule has 0 spiro atoms. The molecule has 1 aromatic heterocycles. The van der Waals surface area contributed by atoms with Gasteiger partial charge in [0.2, 0.25) is 0 Å². The summed E-state index contributed by atoms with van der Waals surface area (Å²) in [5.41, 5.74) is 2.02. The van der Waals surface area contributed by atoms with E-state index in [-0.39, 0.29) is 28.4 Å². The fourth-order valence-electron chi connectivity index (χ4n) is 4.79. The molecule has 9 nitrogen and oxygen atoms in total. The minimum absolute atomic E-state index is 0.0985. The number of halogens is 2. The average molecular weight is 566 g/mol. The van der Waals surface area contributed by atoms with Gasteiger partial charge in [-0.1, -0.05) is 23.2 Å². The fraction of sp³-hybridized carbons (Fsp3) is 0.143. The third-order valence-electron chi connectivity index (χ3n) is 6.74. The van der Waals surface area contributed by atoms with Gasteiger partial charge in [0, 0.05) is 46.4 Å². The van der Waals surface area contributed by atoms with Gasteiger partial charge in [-0.25, -0.2) is 0 Å². The number of aromatic amines is 1. The number of ketones is 1. The molecule has 1 aliphatic heterocycles. The molecule has 198 valence electrons. The van der Waals surface area contributed by atoms with Gasteiger partial charge in [0.1, 0.15) is 11.5 Å². The van der Waals surface area contributed by atoms with Crippen LogP contribution in [0.1, 0.15) is 22.7 Å². The van der Waals surface area contributed by atoms with Crippen molar-refractivity contribution in [3.8, 4) is 5.75 Å². The number of rotatable bonds is 7. The number of carbonyl (C=O) groups is 2. The summed E-state index contributed by atoms with van der Waals surface area (Å²) in [4.78, 5) is 41.8. The zero-order chi connectivity index (χ0) is 27.8. The number of non-ortho nitro benzene ring substituents is 1. The Balaban J connectivity index is 1.58. The summed E-state index contributed by atoms with van der Waals surface area (Å²) < 4.78 is 5.33. The summed E-state index contributed by atoms with van der Waals surface area (Å²) in [5, 5.41) is 23.8. The molecule has 1 saturated heterocycles. The van der Waals surface area contributed by atoms with Crippen LogP contribution in [0.3, 0.4) is 0 Å². The predicted octanol–water partition coefficient (Wildman–Crippen LogP) is 6.06. The van der Waals surface area contributed by atoms with E-state index < -0.39 is 28.4 Å². The number of amides is 1. The first-order chi connectivity index (χ1) is 18.7. The number of H-pyrrole nitrogens is 1. The molecule has 4 aromatic rings. The SMILES string of the molecule is COc1ccc2[nH]cc(CCN3C(=O)C(=O)C(=C(O)c4ccc(Cl)cc4Cl)[C@H]3c3ccc([N+](=O)[O-])cc3)c2c1. The molecule has 2 N–H and O–H groups in total. The van der Waals surface area contributed by atoms with Crippen LogP contribution in [0, 0.1) is 10.1 Å². The highest BCUT2D eigenvalue weighted by Crippen LogP contribution is 2.41. The van der Waals surface area contributed by atoms with Crippen LogP contribution in [-0.4, -0.2) is 45.3 Å². The number of nitro benzene ring substituents is 1. The number of benzene rings is 3. The minimum atomic E-state index is -1.00. The Labute approximate surface area is 232 Å². The second kappa shape index (κ2) is 10.4. The Morgan fingerprint density at radius 3 is 2.51 bits per heavy atom. The van der Waals surface area contributed by atoms with E-state index in [2.05, 4.69) is 4.98 Å². The van der Waals surface area contributed by atoms with Gasteiger partial charge in [0.05, 0.1) is 28.7 Å². The van der Waals surface area contributed by atoms with Gasteiger partial charge in [-0.15, -0.1) is 0 Å². The van der Waals surface area contributed by atoms with Gasteiger partial charge in [0.25, 0.3) is 17.4 Å². The lowest BCUT2D eigenvalue weighted by molar-refractivity contribution is -0.384. The van der Waals surface area contributed by atoms with Crippen molar-refractivity contribution in [1.29, 1.82) is 0 Å². The van der Waals surface area contributed by atoms with Crippen LogP contribution in [0.4, 0.5) is 5.69 Å². The van der Waals surface area contributed by atoms with Crippen LogP contribution in [0.2, 0.25) is 10.0 Å². The summed E-state index contributed by atoms with van der Waals surface area (Å²) >= 11 is 12.3. The lowest BCUT2D eigenvalue weighted by Gasteiger charge is -2.25. The van der Waals surface area contributed by atoms with Crippen molar-refractivity contribution in [3.05, 3.63) is 109 Å². The number of hydrogen-bond donors (Lipinski definition) is 2. The number of Topliss-reactive ketones (excluding diaryl/α,β-unsaturated/α-hetero) is 1. The number of nitrogens with zero attached hydrogens (tertiary/aromatic N) is 2. The Morgan fingerprint density at radius 2 is 1.85 bits per heavy atom. The molecular weight excluding hydrogens is 545 g/mol. The number of fused-ring (bicyclic) bond motifs is 1. The zero-order valence-corrected chi connectivity index (χ0v) is 22.0. The van der Waals surface area contributed by atoms with Crippen molar-refractivity contribution in [2.45, 2.75) is 12.5 Å². The molecule has 5 rings (SSSR count). The van der Waals surface area contributed by atoms with E-state index in [0.717, 1.165) is 16.5 Å². The van der Waals surface area contributed by atoms with Crippen molar-refractivity contribution >= 4 is 57.2 Å². The van der Waals surface area contributed by atoms with Crippen molar-refractivity contribution in [2.24, 2.45) is 0 Å². The summed E-state index contributed by atoms with van der Waals surface area (Å²) in [5.74, 6) is -1.47. The van der Waals surface area contributed by atoms with Crippen LogP contribution < -0.4 is 4.74 Å². The number of carbonyl (C=O) groups excluding carboxylic acids is 2. The predicted molar refractivity (Wildman–Crippen MR) is 147 cm³/mol. The molecule has 1 aliphatic rings. The van der Waals surface area contributed by atoms with Gasteiger partial charge >= 0.3 is 0 Å². The largest absolute Gasteiger partial charge is 0.507 e. The van der Waals surface area contributed by atoms with E-state index in [1.807, 2.05) is 24.4 Å². The Hall–Kier alpha value is -4.34. The zero-order valence-electron chi connectivity index (χ0n) is 20.5. The van der Waals surface area contributed by atoms with Gasteiger partial charge in [-0.05, 0) is 66.1 Å². The van der Waals surface area contributed by atoms with Crippen LogP contribution in [0.25, 0.3) is 16.7 Å². The number of aromatic nitrogens is 1. The fourth-order valence-corrected chi connectivity index (χ4v) is 5.29. The number of likely N-dealkylation sites (tertiary alicyclic amines) is 1. The summed E-state index contributed by atoms with van der Waals surface area (Å²) in [7, 11) is 1.57. The lowest BCUT2D eigenvalue weighted by atomic mass is 9.95. The van der Waals surface area contributed by atoms with Crippen LogP contribution in [0.15, 0.2) is 72.4 Å². The molecule has 0 saturated carbocycles. The molecule has 11 heteroatoms. The number of aliphatic hydroxyl groups is 1. The maximum atomic E-state index is 13.3. The third kappa shape index (κ3) is 4.82. The van der Waals surface area contributed by atoms with Crippen LogP contribution >= 0.6 is 23.2 Å². The highest BCUT2D eigenvalue weighted by atomic mass is 35.5. The molecule has 1 atom stereocenters. The molecule has 0 radical (unpaired) electrons. The van der Waals surface area contributed by atoms with Gasteiger partial charge in [0.15, 0.2) is 0 Å². The van der Waals surface area contributed by atoms with Crippen molar-refractivity contribution < 1.29 is 24.4 Å². The number of methoxy groups -OCH3 is 1. The summed E-state index contributed by atoms with van der Waals surface area (Å²) in [6.07, 6.45) is 2.21. The van der Waals surface area contributed by atoms with Crippen molar-refractivity contribution in [2.75, 3.05) is 13.7 Å². The van der Waals surface area contributed by atoms with E-state index in [1.165, 1.54) is 47.4 Å². The molecular formula is C28H21Cl2N3O6. The Bertz CT molecular complexity index is 1660. The summed E-state index contributed by atoms with van der Waals surface area (Å²) in [6.45, 7) is 0.127. The molecule has 2 heterocycles. The Morgan fingerprint density at radius 1 is 1.10 bits per heavy atom. The summed E-state index contributed by atoms with van der Waals surface area (Å²) in [6, 6.07) is 14.5. The molecule has 1 fully saturated rings. The number of aliphatic hydroxyl groups excluding tert-OH is 1. The number of nitrogens with one attached hydrogen (secondary N) is 1. The molecule has 1 amide bonds. The van der Waals surface area contributed by atoms with Gasteiger partial charge in [-0.2, -0.15) is 0 Å². The van der Waals surface area contributed by atoms with Crippen molar-refractivity contribution in [3.63, 3.8) is 0 Å². The molecule has 0 aliphatic carbocycles. The topological polar surface area (TPSA) is 126 Å². The first kappa shape index (κ1) is 26.3. The second-order valence-corrected chi connectivity index (χ2v) is 9.78. The molecule has 0 bridgehead atoms. The Kier molecular flexibility index (Phi) is 7.03. The van der Waals surface area contributed by atoms with Crippen molar-refractivity contribution in [1.82, 2.24) is 9.88 Å². The smallest absolute Gasteiger partial charge is 0.295 e. The molecule has 3 aromatic carbocycles. The quantitative estimate of drug-likeness (QED) is 0.0922. The second-order valence-electron chi connectivity index (χ2n) is 8.94. The number of ether oxygens (including phenoxy) is 1. The normalized spacial score (nSPS) is 16.7. The van der Waals surface area contributed by atoms with E-state index >= 15 is 0 Å². The average Bonchev–Trinajstić information content (AvgIpc) is 3.44. The van der Waals surface area contributed by atoms with Crippen LogP contribution in [-0.2, 0) is 16.0 Å². The monoisotopic (exact) mass is 565 g/mol. The van der Waals surface area contributed by atoms with Gasteiger partial charge < -0.3 is 19.7 Å². The van der Waals surface area contributed by atoms with Crippen LogP contribution in [0.5, 0.6) is 5.75 Å². The molecule has 39 heavy (non-hydrogen) atoms. The highest BCUT2D eigenvalue weighted by molar-refractivity contribution is 6.47. The van der Waals surface area contributed by atoms with E-state index in [0.29, 0.717) is 22.8 Å². The highest BCUT2D eigenvalue weighted by Gasteiger charge is 2.46. The number of hydrogen-bond acceptors (Lipinski definition) is 6. The minimum Gasteiger partial charge on any atom is -0.507 e. The van der Waals surface area contributed by atoms with E-state index in [9.17, 15) is 24.8 Å². The number of nitro groups is 1. The standard InChI is InChI=1S/C28H21Cl2N3O6/c1-39-19-7-9-23-21(13-19)16(14-31-23)10-11-32-25(15-2-5-18(6-3-15)33(37)38)24(27(35)28(32)36)26(34)20-8-4-17(29)12-22(20)30/h2-9,12-14,25,31,34H,10-11H2,1H3/t25-/m1/s1. The van der Waals surface area contributed by atoms with E-state index in [1.54, 1.807) is 7.11 Å². The third-order valence-corrected chi connectivity index (χ3v) is 7.29. The first-order valence-electron chi connectivity index (χ1n) is 11.8. The maximum Gasteiger partial charge on any atom is 0.295 e. The van der Waals surface area contributed by atoms with E-state index in [4.69, 9.17) is 27.9 Å². The maximum absolute atomic E-state index is 13.3. The lowest BCUT2D eigenvalue weighted by Crippen LogP contribution is -2.31.